The Hall–Kier alpha value is -3.21. The van der Waals surface area contributed by atoms with Crippen LogP contribution in [0.1, 0.15) is 0 Å². The number of hydrogen-bond donors (Lipinski definition) is 0. The SMILES string of the molecule is Cn1nc(-c2ccccc2)c2c(=O)cc(-c3cccnc3)oc21. The van der Waals surface area contributed by atoms with Crippen molar-refractivity contribution < 1.29 is 4.42 Å². The van der Waals surface area contributed by atoms with Crippen LogP contribution in [0.4, 0.5) is 0 Å². The summed E-state index contributed by atoms with van der Waals surface area (Å²) in [6, 6.07) is 14.8. The van der Waals surface area contributed by atoms with Crippen molar-refractivity contribution in [3.05, 3.63) is 71.1 Å². The van der Waals surface area contributed by atoms with Gasteiger partial charge in [-0.2, -0.15) is 5.10 Å². The second kappa shape index (κ2) is 5.21. The van der Waals surface area contributed by atoms with Gasteiger partial charge in [0.25, 0.3) is 0 Å². The van der Waals surface area contributed by atoms with E-state index in [0.717, 1.165) is 11.1 Å². The second-order valence-corrected chi connectivity index (χ2v) is 5.23. The molecule has 0 saturated heterocycles. The first-order valence-electron chi connectivity index (χ1n) is 7.21. The number of aryl methyl sites for hydroxylation is 1. The lowest BCUT2D eigenvalue weighted by Gasteiger charge is -2.01. The quantitative estimate of drug-likeness (QED) is 0.570. The highest BCUT2D eigenvalue weighted by atomic mass is 16.3. The van der Waals surface area contributed by atoms with Crippen molar-refractivity contribution in [2.75, 3.05) is 0 Å². The summed E-state index contributed by atoms with van der Waals surface area (Å²) in [5.41, 5.74) is 2.62. The number of benzene rings is 1. The number of aromatic nitrogens is 3. The zero-order valence-electron chi connectivity index (χ0n) is 12.4. The average molecular weight is 303 g/mol. The van der Waals surface area contributed by atoms with Crippen molar-refractivity contribution in [3.8, 4) is 22.6 Å². The predicted octanol–water partition coefficient (Wildman–Crippen LogP) is 3.26. The maximum Gasteiger partial charge on any atom is 0.229 e. The monoisotopic (exact) mass is 303 g/mol. The lowest BCUT2D eigenvalue weighted by Crippen LogP contribution is -2.01. The Labute approximate surface area is 131 Å². The van der Waals surface area contributed by atoms with Crippen molar-refractivity contribution in [2.45, 2.75) is 0 Å². The minimum Gasteiger partial charge on any atom is -0.438 e. The van der Waals surface area contributed by atoms with Gasteiger partial charge in [-0.25, -0.2) is 4.68 Å². The highest BCUT2D eigenvalue weighted by Crippen LogP contribution is 2.28. The number of fused-ring (bicyclic) bond motifs is 1. The molecule has 4 rings (SSSR count). The van der Waals surface area contributed by atoms with Crippen LogP contribution in [-0.4, -0.2) is 14.8 Å². The average Bonchev–Trinajstić information content (AvgIpc) is 2.94. The van der Waals surface area contributed by atoms with E-state index in [9.17, 15) is 4.79 Å². The van der Waals surface area contributed by atoms with Gasteiger partial charge in [0.1, 0.15) is 16.8 Å². The summed E-state index contributed by atoms with van der Waals surface area (Å²) in [7, 11) is 1.77. The molecule has 0 fully saturated rings. The summed E-state index contributed by atoms with van der Waals surface area (Å²) in [4.78, 5) is 16.7. The highest BCUT2D eigenvalue weighted by molar-refractivity contribution is 5.90. The van der Waals surface area contributed by atoms with Crippen LogP contribution < -0.4 is 5.43 Å². The fourth-order valence-electron chi connectivity index (χ4n) is 2.62. The summed E-state index contributed by atoms with van der Waals surface area (Å²) in [6.45, 7) is 0. The maximum absolute atomic E-state index is 12.6. The van der Waals surface area contributed by atoms with Gasteiger partial charge in [0.05, 0.1) is 0 Å². The van der Waals surface area contributed by atoms with Crippen LogP contribution in [0.3, 0.4) is 0 Å². The zero-order chi connectivity index (χ0) is 15.8. The number of hydrogen-bond acceptors (Lipinski definition) is 4. The molecule has 0 atom stereocenters. The van der Waals surface area contributed by atoms with E-state index in [2.05, 4.69) is 10.1 Å². The summed E-state index contributed by atoms with van der Waals surface area (Å²) >= 11 is 0. The number of rotatable bonds is 2. The molecule has 0 radical (unpaired) electrons. The minimum absolute atomic E-state index is 0.114. The normalized spacial score (nSPS) is 11.0. The van der Waals surface area contributed by atoms with Crippen LogP contribution in [0.5, 0.6) is 0 Å². The topological polar surface area (TPSA) is 60.9 Å². The Morgan fingerprint density at radius 2 is 1.83 bits per heavy atom. The van der Waals surface area contributed by atoms with E-state index < -0.39 is 0 Å². The van der Waals surface area contributed by atoms with Crippen molar-refractivity contribution in [2.24, 2.45) is 7.05 Å². The van der Waals surface area contributed by atoms with Gasteiger partial charge >= 0.3 is 0 Å². The minimum atomic E-state index is -0.114. The van der Waals surface area contributed by atoms with Gasteiger partial charge < -0.3 is 4.42 Å². The van der Waals surface area contributed by atoms with E-state index in [1.54, 1.807) is 30.2 Å². The first-order chi connectivity index (χ1) is 11.2. The molecule has 0 aliphatic rings. The summed E-state index contributed by atoms with van der Waals surface area (Å²) in [5.74, 6) is 0.484. The third kappa shape index (κ3) is 2.23. The van der Waals surface area contributed by atoms with E-state index in [-0.39, 0.29) is 5.43 Å². The smallest absolute Gasteiger partial charge is 0.229 e. The lowest BCUT2D eigenvalue weighted by atomic mass is 10.1. The molecule has 3 aromatic heterocycles. The molecule has 5 nitrogen and oxygen atoms in total. The van der Waals surface area contributed by atoms with Crippen LogP contribution in [0.15, 0.2) is 70.1 Å². The Bertz CT molecular complexity index is 1030. The Kier molecular flexibility index (Phi) is 3.05. The molecule has 0 spiro atoms. The largest absolute Gasteiger partial charge is 0.438 e. The molecule has 0 N–H and O–H groups in total. The Morgan fingerprint density at radius 1 is 1.04 bits per heavy atom. The van der Waals surface area contributed by atoms with Gasteiger partial charge in [-0.05, 0) is 12.1 Å². The molecule has 112 valence electrons. The van der Waals surface area contributed by atoms with E-state index in [4.69, 9.17) is 4.42 Å². The molecule has 1 aromatic carbocycles. The van der Waals surface area contributed by atoms with Crippen LogP contribution in [0.25, 0.3) is 33.7 Å². The molecular formula is C18H13N3O2. The predicted molar refractivity (Wildman–Crippen MR) is 87.9 cm³/mol. The Balaban J connectivity index is 2.00. The van der Waals surface area contributed by atoms with E-state index in [1.165, 1.54) is 6.07 Å². The van der Waals surface area contributed by atoms with E-state index in [0.29, 0.717) is 22.6 Å². The summed E-state index contributed by atoms with van der Waals surface area (Å²) in [6.07, 6.45) is 3.34. The lowest BCUT2D eigenvalue weighted by molar-refractivity contribution is 0.570. The molecule has 0 aliphatic heterocycles. The molecule has 4 aromatic rings. The van der Waals surface area contributed by atoms with Crippen molar-refractivity contribution >= 4 is 11.1 Å². The molecule has 0 aliphatic carbocycles. The standard InChI is InChI=1S/C18H13N3O2/c1-21-18-16(17(20-21)12-6-3-2-4-7-12)14(22)10-15(23-18)13-8-5-9-19-11-13/h2-11H,1H3. The van der Waals surface area contributed by atoms with Crippen molar-refractivity contribution in [1.82, 2.24) is 14.8 Å². The highest BCUT2D eigenvalue weighted by Gasteiger charge is 2.17. The van der Waals surface area contributed by atoms with Crippen LogP contribution in [0.2, 0.25) is 0 Å². The fourth-order valence-corrected chi connectivity index (χ4v) is 2.62. The van der Waals surface area contributed by atoms with Crippen molar-refractivity contribution in [3.63, 3.8) is 0 Å². The van der Waals surface area contributed by atoms with Gasteiger partial charge in [-0.3, -0.25) is 9.78 Å². The molecule has 3 heterocycles. The number of nitrogens with zero attached hydrogens (tertiary/aromatic N) is 3. The van der Waals surface area contributed by atoms with Crippen LogP contribution >= 0.6 is 0 Å². The maximum atomic E-state index is 12.6. The first kappa shape index (κ1) is 13.5. The Morgan fingerprint density at radius 3 is 2.57 bits per heavy atom. The van der Waals surface area contributed by atoms with Crippen molar-refractivity contribution in [1.29, 1.82) is 0 Å². The molecular weight excluding hydrogens is 290 g/mol. The second-order valence-electron chi connectivity index (χ2n) is 5.23. The third-order valence-electron chi connectivity index (χ3n) is 3.70. The molecule has 0 unspecified atom stereocenters. The van der Waals surface area contributed by atoms with Gasteiger partial charge in [0.2, 0.25) is 5.71 Å². The van der Waals surface area contributed by atoms with Gasteiger partial charge in [-0.1, -0.05) is 30.3 Å². The zero-order valence-corrected chi connectivity index (χ0v) is 12.4. The van der Waals surface area contributed by atoms with E-state index >= 15 is 0 Å². The van der Waals surface area contributed by atoms with Crippen LogP contribution in [0, 0.1) is 0 Å². The molecule has 23 heavy (non-hydrogen) atoms. The van der Waals surface area contributed by atoms with Gasteiger partial charge in [0, 0.05) is 36.6 Å². The fraction of sp³-hybridized carbons (Fsp3) is 0.0556. The van der Waals surface area contributed by atoms with Gasteiger partial charge in [-0.15, -0.1) is 0 Å². The first-order valence-corrected chi connectivity index (χ1v) is 7.21. The molecule has 0 saturated carbocycles. The summed E-state index contributed by atoms with van der Waals surface area (Å²) < 4.78 is 7.52. The van der Waals surface area contributed by atoms with E-state index in [1.807, 2.05) is 36.4 Å². The number of pyridine rings is 1. The summed E-state index contributed by atoms with van der Waals surface area (Å²) in [5, 5.41) is 4.95. The molecule has 0 bridgehead atoms. The third-order valence-corrected chi connectivity index (χ3v) is 3.70. The molecule has 5 heteroatoms. The van der Waals surface area contributed by atoms with Gasteiger partial charge in [0.15, 0.2) is 5.43 Å². The molecule has 0 amide bonds. The van der Waals surface area contributed by atoms with Crippen LogP contribution in [-0.2, 0) is 7.05 Å².